The summed E-state index contributed by atoms with van der Waals surface area (Å²) in [6.07, 6.45) is 0. The van der Waals surface area contributed by atoms with Gasteiger partial charge in [0.15, 0.2) is 0 Å². The Morgan fingerprint density at radius 2 is 0.407 bits per heavy atom. The van der Waals surface area contributed by atoms with Crippen molar-refractivity contribution in [3.8, 4) is 0 Å². The molecule has 0 bridgehead atoms. The topological polar surface area (TPSA) is 372 Å². The van der Waals surface area contributed by atoms with Crippen molar-refractivity contribution >= 4 is 258 Å². The van der Waals surface area contributed by atoms with E-state index in [9.17, 15) is 0 Å². The predicted octanol–water partition coefficient (Wildman–Crippen LogP) is -13.1. The molecular weight excluding hydrogens is 636 g/mol. The third-order valence-electron chi connectivity index (χ3n) is 0. The molecule has 0 saturated heterocycles. The summed E-state index contributed by atoms with van der Waals surface area (Å²) in [5, 5.41) is 0. The minimum atomic E-state index is -5.39. The molecule has 0 aliphatic rings. The van der Waals surface area contributed by atoms with Crippen molar-refractivity contribution in [2.45, 2.75) is 0 Å². The molecule has 0 unspecified atom stereocenters. The Morgan fingerprint density at radius 1 is 0.407 bits per heavy atom. The average Bonchev–Trinajstić information content (AvgIpc) is 1.62. The van der Waals surface area contributed by atoms with Gasteiger partial charge in [0.05, 0.1) is 7.82 Å². The van der Waals surface area contributed by atoms with Gasteiger partial charge in [0, 0.05) is 0 Å². The largest absolute Gasteiger partial charge is 2.00 e. The zero-order valence-corrected chi connectivity index (χ0v) is 29.9. The minimum absolute atomic E-state index is 0. The van der Waals surface area contributed by atoms with Crippen molar-refractivity contribution in [3.05, 3.63) is 0 Å². The first-order valence-corrected chi connectivity index (χ1v) is 8.82. The van der Waals surface area contributed by atoms with E-state index in [1.807, 2.05) is 0 Å². The van der Waals surface area contributed by atoms with Gasteiger partial charge in [-0.3, -0.25) is 0 Å². The quantitative estimate of drug-likeness (QED) is 0.190. The molecule has 0 amide bonds. The van der Waals surface area contributed by atoms with Gasteiger partial charge in [0.1, 0.15) is 0 Å². The summed E-state index contributed by atoms with van der Waals surface area (Å²) in [5.74, 6) is 0. The molecule has 136 valence electrons. The summed E-state index contributed by atoms with van der Waals surface area (Å²) in [6, 6.07) is 0. The van der Waals surface area contributed by atoms with Crippen LogP contribution < -0.4 is 53.8 Å². The number of rotatable bonds is 0. The summed E-state index contributed by atoms with van der Waals surface area (Å²) in [6.45, 7) is 0. The second kappa shape index (κ2) is 36.1. The van der Waals surface area contributed by atoms with E-state index >= 15 is 0 Å². The third-order valence-corrected chi connectivity index (χ3v) is 0. The van der Waals surface area contributed by atoms with E-state index in [-0.39, 0.29) is 232 Å². The van der Waals surface area contributed by atoms with Crippen LogP contribution in [-0.4, -0.2) is 237 Å². The maximum absolute atomic E-state index is 8.66. The second-order valence-corrected chi connectivity index (χ2v) is 5.43. The summed E-state index contributed by atoms with van der Waals surface area (Å²) >= 11 is 0. The van der Waals surface area contributed by atoms with Crippen LogP contribution in [0.5, 0.6) is 0 Å². The summed E-state index contributed by atoms with van der Waals surface area (Å²) in [5.41, 5.74) is 0. The molecule has 0 aliphatic carbocycles. The van der Waals surface area contributed by atoms with Gasteiger partial charge in [0.2, 0.25) is 0 Å². The van der Waals surface area contributed by atoms with Gasteiger partial charge in [-0.25, -0.2) is 0 Å². The molecule has 0 aromatic rings. The first-order chi connectivity index (χ1) is 8.00. The Bertz CT molecular complexity index is 300. The monoisotopic (exact) mass is 638 g/mol. The van der Waals surface area contributed by atoms with E-state index in [0.29, 0.717) is 0 Å². The molecule has 0 saturated carbocycles. The van der Waals surface area contributed by atoms with Crippen molar-refractivity contribution in [1.29, 1.82) is 0 Å². The van der Waals surface area contributed by atoms with Crippen LogP contribution in [0.1, 0.15) is 0 Å². The smallest absolute Gasteiger partial charge is 0.870 e. The van der Waals surface area contributed by atoms with E-state index in [1.54, 1.807) is 0 Å². The van der Waals surface area contributed by atoms with Crippen molar-refractivity contribution in [1.82, 2.24) is 0 Å². The second-order valence-electron chi connectivity index (χ2n) is 1.81. The van der Waals surface area contributed by atoms with E-state index in [2.05, 4.69) is 0 Å². The fourth-order valence-electron chi connectivity index (χ4n) is 0. The van der Waals surface area contributed by atoms with Crippen molar-refractivity contribution < 1.29 is 82.5 Å². The SMILES string of the molecule is O=P([O-])([O-])O.O=P([O-])([O-])[O-].O=P([O-])([O-])[O-].O=P([O-])([O-])[O-].[Ca+2].[Ca+2].[Ca+2].[Ca+2].[Ca+2].[Ca+2].[OH-]. The standard InChI is InChI=1S/6Ca.4H3O4P.H2O/c;;;;;;4*1-5(2,3)4;/h;;;;;;4*(H3,1,2,3,4);1H2/q6*+2;;;;;/p-12. The van der Waals surface area contributed by atoms with E-state index in [0.717, 1.165) is 0 Å². The molecule has 17 nitrogen and oxygen atoms in total. The van der Waals surface area contributed by atoms with Gasteiger partial charge >= 0.3 is 226 Å². The van der Waals surface area contributed by atoms with Gasteiger partial charge in [-0.1, -0.05) is 0 Å². The van der Waals surface area contributed by atoms with Crippen molar-refractivity contribution in [3.63, 3.8) is 0 Å². The zero-order chi connectivity index (χ0) is 18.0. The predicted molar refractivity (Wildman–Crippen MR) is 69.1 cm³/mol. The van der Waals surface area contributed by atoms with Crippen LogP contribution in [0, 0.1) is 0 Å². The Morgan fingerprint density at radius 3 is 0.407 bits per heavy atom. The molecule has 0 fully saturated rings. The maximum Gasteiger partial charge on any atom is 2.00 e. The first-order valence-electron chi connectivity index (χ1n) is 2.94. The van der Waals surface area contributed by atoms with Gasteiger partial charge < -0.3 is 82.5 Å². The average molecular weight is 638 g/mol. The normalized spacial score (nSPS) is 8.74. The Kier molecular flexibility index (Phi) is 93.9. The molecule has 0 rings (SSSR count). The maximum atomic E-state index is 8.66. The van der Waals surface area contributed by atoms with E-state index in [1.165, 1.54) is 0 Å². The Balaban J connectivity index is -0.0000000129. The van der Waals surface area contributed by atoms with Gasteiger partial charge in [-0.05, 0) is 0 Å². The Hall–Kier alpha value is 7.96. The minimum Gasteiger partial charge on any atom is -0.870 e. The van der Waals surface area contributed by atoms with Crippen molar-refractivity contribution in [2.24, 2.45) is 0 Å². The molecule has 0 aliphatic heterocycles. The van der Waals surface area contributed by atoms with Crippen molar-refractivity contribution in [2.75, 3.05) is 0 Å². The molecular formula is H2Ca6O17P4. The Labute approximate surface area is 331 Å². The van der Waals surface area contributed by atoms with Crippen LogP contribution >= 0.6 is 31.3 Å². The molecule has 0 spiro atoms. The summed E-state index contributed by atoms with van der Waals surface area (Å²) in [4.78, 5) is 101. The summed E-state index contributed by atoms with van der Waals surface area (Å²) < 4.78 is 34.3. The van der Waals surface area contributed by atoms with E-state index < -0.39 is 31.3 Å². The molecule has 27 heteroatoms. The molecule has 0 atom stereocenters. The van der Waals surface area contributed by atoms with Crippen LogP contribution in [0.25, 0.3) is 0 Å². The molecule has 0 radical (unpaired) electrons. The molecule has 2 N–H and O–H groups in total. The molecule has 0 aromatic heterocycles. The fourth-order valence-corrected chi connectivity index (χ4v) is 0. The molecule has 0 heterocycles. The van der Waals surface area contributed by atoms with E-state index in [4.69, 9.17) is 77.0 Å². The molecule has 0 aromatic carbocycles. The van der Waals surface area contributed by atoms with Crippen LogP contribution in [0.15, 0.2) is 0 Å². The van der Waals surface area contributed by atoms with Crippen LogP contribution in [0.3, 0.4) is 0 Å². The number of hydrogen-bond acceptors (Lipinski definition) is 16. The molecule has 27 heavy (non-hydrogen) atoms. The van der Waals surface area contributed by atoms with Gasteiger partial charge in [-0.2, -0.15) is 23.5 Å². The number of hydrogen-bond donors (Lipinski definition) is 1. The van der Waals surface area contributed by atoms with Crippen LogP contribution in [-0.2, 0) is 18.3 Å². The zero-order valence-electron chi connectivity index (χ0n) is 13.0. The summed E-state index contributed by atoms with van der Waals surface area (Å²) in [7, 11) is -21.3. The van der Waals surface area contributed by atoms with Crippen LogP contribution in [0.2, 0.25) is 0 Å². The third kappa shape index (κ3) is 548. The first kappa shape index (κ1) is 70.2. The van der Waals surface area contributed by atoms with Gasteiger partial charge in [0.25, 0.3) is 0 Å². The van der Waals surface area contributed by atoms with Crippen LogP contribution in [0.4, 0.5) is 0 Å². The van der Waals surface area contributed by atoms with Gasteiger partial charge in [-0.15, -0.1) is 0 Å². The fraction of sp³-hybridized carbons (Fsp3) is 0. The number of phosphoric acid groups is 4.